The van der Waals surface area contributed by atoms with Crippen LogP contribution < -0.4 is 0 Å². The van der Waals surface area contributed by atoms with Crippen LogP contribution in [-0.2, 0) is 10.0 Å². The second kappa shape index (κ2) is 7.55. The van der Waals surface area contributed by atoms with Crippen LogP contribution in [0.25, 0.3) is 0 Å². The number of carbonyl (C=O) groups is 1. The van der Waals surface area contributed by atoms with Crippen molar-refractivity contribution in [2.75, 3.05) is 26.2 Å². The van der Waals surface area contributed by atoms with Gasteiger partial charge in [-0.25, -0.2) is 12.8 Å². The van der Waals surface area contributed by atoms with Crippen molar-refractivity contribution in [2.24, 2.45) is 0 Å². The minimum Gasteiger partial charge on any atom is -0.337 e. The Labute approximate surface area is 153 Å². The van der Waals surface area contributed by atoms with Crippen LogP contribution in [0.4, 0.5) is 4.39 Å². The third-order valence-electron chi connectivity index (χ3n) is 4.46. The number of aryl methyl sites for hydroxylation is 1. The zero-order valence-corrected chi connectivity index (χ0v) is 15.4. The van der Waals surface area contributed by atoms with Crippen LogP contribution in [0.15, 0.2) is 53.4 Å². The van der Waals surface area contributed by atoms with E-state index in [-0.39, 0.29) is 30.4 Å². The Kier molecular flexibility index (Phi) is 5.38. The molecule has 0 radical (unpaired) electrons. The van der Waals surface area contributed by atoms with Gasteiger partial charge >= 0.3 is 0 Å². The normalized spacial score (nSPS) is 16.3. The number of carbonyl (C=O) groups excluding carboxylic acids is 1. The molecular weight excluding hydrogens is 355 g/mol. The smallest absolute Gasteiger partial charge is 0.253 e. The van der Waals surface area contributed by atoms with Crippen molar-refractivity contribution in [1.82, 2.24) is 9.21 Å². The van der Waals surface area contributed by atoms with Crippen LogP contribution in [0.5, 0.6) is 0 Å². The van der Waals surface area contributed by atoms with Crippen LogP contribution in [0.2, 0.25) is 0 Å². The van der Waals surface area contributed by atoms with Crippen molar-refractivity contribution in [3.05, 3.63) is 65.5 Å². The summed E-state index contributed by atoms with van der Waals surface area (Å²) in [4.78, 5) is 14.0. The first-order chi connectivity index (χ1) is 12.4. The number of sulfonamides is 1. The van der Waals surface area contributed by atoms with E-state index in [0.29, 0.717) is 18.5 Å². The molecule has 26 heavy (non-hydrogen) atoms. The number of hydrogen-bond donors (Lipinski definition) is 0. The average molecular weight is 376 g/mol. The first kappa shape index (κ1) is 18.5. The van der Waals surface area contributed by atoms with E-state index in [1.165, 1.54) is 22.5 Å². The average Bonchev–Trinajstić information content (AvgIpc) is 2.88. The first-order valence-electron chi connectivity index (χ1n) is 8.50. The Morgan fingerprint density at radius 3 is 2.50 bits per heavy atom. The molecule has 1 aliphatic heterocycles. The maximum absolute atomic E-state index is 13.9. The minimum absolute atomic E-state index is 0.112. The van der Waals surface area contributed by atoms with Crippen LogP contribution in [0.1, 0.15) is 22.3 Å². The Morgan fingerprint density at radius 2 is 1.77 bits per heavy atom. The molecule has 1 heterocycles. The maximum Gasteiger partial charge on any atom is 0.253 e. The fraction of sp³-hybridized carbons (Fsp3) is 0.316. The lowest BCUT2D eigenvalue weighted by Crippen LogP contribution is -2.37. The highest BCUT2D eigenvalue weighted by atomic mass is 32.2. The monoisotopic (exact) mass is 376 g/mol. The Hall–Kier alpha value is -2.25. The summed E-state index contributed by atoms with van der Waals surface area (Å²) in [6, 6.07) is 12.7. The summed E-state index contributed by atoms with van der Waals surface area (Å²) in [5.74, 6) is -0.872. The summed E-state index contributed by atoms with van der Waals surface area (Å²) in [7, 11) is -3.92. The standard InChI is InChI=1S/C19H21FN2O3S/c1-15-6-4-7-16(14-15)19(23)21-10-5-11-22(13-12-21)26(24,25)18-9-3-2-8-17(18)20/h2-4,6-9,14H,5,10-13H2,1H3. The predicted octanol–water partition coefficient (Wildman–Crippen LogP) is 2.67. The van der Waals surface area contributed by atoms with Gasteiger partial charge in [-0.05, 0) is 37.6 Å². The molecule has 0 N–H and O–H groups in total. The van der Waals surface area contributed by atoms with E-state index in [0.717, 1.165) is 11.6 Å². The topological polar surface area (TPSA) is 57.7 Å². The molecule has 5 nitrogen and oxygen atoms in total. The molecule has 1 fully saturated rings. The summed E-state index contributed by atoms with van der Waals surface area (Å²) in [6.45, 7) is 3.07. The highest BCUT2D eigenvalue weighted by Gasteiger charge is 2.30. The molecule has 1 saturated heterocycles. The largest absolute Gasteiger partial charge is 0.337 e. The van der Waals surface area contributed by atoms with Crippen molar-refractivity contribution in [3.8, 4) is 0 Å². The third-order valence-corrected chi connectivity index (χ3v) is 6.39. The minimum atomic E-state index is -3.92. The van der Waals surface area contributed by atoms with E-state index in [9.17, 15) is 17.6 Å². The van der Waals surface area contributed by atoms with Gasteiger partial charge in [0.2, 0.25) is 10.0 Å². The van der Waals surface area contributed by atoms with E-state index >= 15 is 0 Å². The summed E-state index contributed by atoms with van der Waals surface area (Å²) in [5, 5.41) is 0. The highest BCUT2D eigenvalue weighted by molar-refractivity contribution is 7.89. The molecule has 0 spiro atoms. The van der Waals surface area contributed by atoms with Crippen molar-refractivity contribution in [2.45, 2.75) is 18.2 Å². The fourth-order valence-electron chi connectivity index (χ4n) is 3.09. The number of hydrogen-bond acceptors (Lipinski definition) is 3. The van der Waals surface area contributed by atoms with Gasteiger partial charge in [0.1, 0.15) is 10.7 Å². The molecule has 1 amide bonds. The SMILES string of the molecule is Cc1cccc(C(=O)N2CCCN(S(=O)(=O)c3ccccc3F)CC2)c1. The lowest BCUT2D eigenvalue weighted by atomic mass is 10.1. The van der Waals surface area contributed by atoms with Crippen LogP contribution >= 0.6 is 0 Å². The van der Waals surface area contributed by atoms with E-state index in [1.807, 2.05) is 25.1 Å². The van der Waals surface area contributed by atoms with Gasteiger partial charge < -0.3 is 4.90 Å². The van der Waals surface area contributed by atoms with Gasteiger partial charge in [-0.15, -0.1) is 0 Å². The molecule has 138 valence electrons. The van der Waals surface area contributed by atoms with Gasteiger partial charge in [0, 0.05) is 31.7 Å². The molecule has 0 saturated carbocycles. The van der Waals surface area contributed by atoms with E-state index in [4.69, 9.17) is 0 Å². The third kappa shape index (κ3) is 3.78. The summed E-state index contributed by atoms with van der Waals surface area (Å²) < 4.78 is 40.7. The highest BCUT2D eigenvalue weighted by Crippen LogP contribution is 2.21. The Bertz CT molecular complexity index is 915. The van der Waals surface area contributed by atoms with Gasteiger partial charge in [0.15, 0.2) is 0 Å². The first-order valence-corrected chi connectivity index (χ1v) is 9.94. The second-order valence-electron chi connectivity index (χ2n) is 6.35. The summed E-state index contributed by atoms with van der Waals surface area (Å²) in [5.41, 5.74) is 1.59. The predicted molar refractivity (Wildman–Crippen MR) is 96.9 cm³/mol. The number of rotatable bonds is 3. The summed E-state index contributed by atoms with van der Waals surface area (Å²) >= 11 is 0. The number of amides is 1. The van der Waals surface area contributed by atoms with E-state index < -0.39 is 15.8 Å². The second-order valence-corrected chi connectivity index (χ2v) is 8.26. The molecule has 2 aromatic rings. The van der Waals surface area contributed by atoms with Crippen molar-refractivity contribution in [1.29, 1.82) is 0 Å². The molecule has 0 aliphatic carbocycles. The zero-order valence-electron chi connectivity index (χ0n) is 14.6. The van der Waals surface area contributed by atoms with Crippen molar-refractivity contribution in [3.63, 3.8) is 0 Å². The van der Waals surface area contributed by atoms with Gasteiger partial charge in [-0.1, -0.05) is 29.8 Å². The van der Waals surface area contributed by atoms with Gasteiger partial charge in [-0.3, -0.25) is 4.79 Å². The number of halogens is 1. The number of benzene rings is 2. The van der Waals surface area contributed by atoms with Crippen LogP contribution in [0.3, 0.4) is 0 Å². The quantitative estimate of drug-likeness (QED) is 0.828. The summed E-state index contributed by atoms with van der Waals surface area (Å²) in [6.07, 6.45) is 0.505. The molecule has 0 atom stereocenters. The molecule has 0 unspecified atom stereocenters. The van der Waals surface area contributed by atoms with E-state index in [2.05, 4.69) is 0 Å². The Morgan fingerprint density at radius 1 is 1.00 bits per heavy atom. The molecule has 1 aliphatic rings. The molecular formula is C19H21FN2O3S. The Balaban J connectivity index is 1.76. The van der Waals surface area contributed by atoms with Crippen LogP contribution in [-0.4, -0.2) is 49.7 Å². The maximum atomic E-state index is 13.9. The lowest BCUT2D eigenvalue weighted by molar-refractivity contribution is 0.0764. The van der Waals surface area contributed by atoms with Crippen molar-refractivity contribution >= 4 is 15.9 Å². The molecule has 3 rings (SSSR count). The molecule has 0 bridgehead atoms. The van der Waals surface area contributed by atoms with Gasteiger partial charge in [-0.2, -0.15) is 4.31 Å². The van der Waals surface area contributed by atoms with Crippen LogP contribution in [0, 0.1) is 12.7 Å². The molecule has 2 aromatic carbocycles. The van der Waals surface area contributed by atoms with Gasteiger partial charge in [0.25, 0.3) is 5.91 Å². The van der Waals surface area contributed by atoms with Crippen molar-refractivity contribution < 1.29 is 17.6 Å². The van der Waals surface area contributed by atoms with E-state index in [1.54, 1.807) is 11.0 Å². The zero-order chi connectivity index (χ0) is 18.7. The lowest BCUT2D eigenvalue weighted by Gasteiger charge is -2.22. The number of nitrogens with zero attached hydrogens (tertiary/aromatic N) is 2. The molecule has 0 aromatic heterocycles. The molecule has 7 heteroatoms. The fourth-order valence-corrected chi connectivity index (χ4v) is 4.63. The van der Waals surface area contributed by atoms with Gasteiger partial charge in [0.05, 0.1) is 0 Å².